The molecule has 0 aromatic heterocycles. The van der Waals surface area contributed by atoms with Crippen LogP contribution in [0.5, 0.6) is 5.75 Å². The predicted octanol–water partition coefficient (Wildman–Crippen LogP) is 3.19. The molecular formula is C14H20O2. The quantitative estimate of drug-likeness (QED) is 0.829. The molecule has 0 unspecified atom stereocenters. The van der Waals surface area contributed by atoms with Crippen molar-refractivity contribution < 1.29 is 9.84 Å². The average molecular weight is 220 g/mol. The van der Waals surface area contributed by atoms with Crippen LogP contribution in [0.3, 0.4) is 0 Å². The van der Waals surface area contributed by atoms with Gasteiger partial charge in [-0.05, 0) is 29.5 Å². The van der Waals surface area contributed by atoms with E-state index < -0.39 is 0 Å². The molecule has 1 aromatic carbocycles. The lowest BCUT2D eigenvalue weighted by Crippen LogP contribution is -2.19. The summed E-state index contributed by atoms with van der Waals surface area (Å²) in [6.07, 6.45) is 1.42. The molecule has 0 bridgehead atoms. The number of rotatable bonds is 2. The van der Waals surface area contributed by atoms with Crippen LogP contribution in [0.2, 0.25) is 0 Å². The fourth-order valence-corrected chi connectivity index (χ4v) is 2.00. The van der Waals surface area contributed by atoms with Crippen LogP contribution in [0.15, 0.2) is 18.2 Å². The van der Waals surface area contributed by atoms with E-state index in [-0.39, 0.29) is 11.5 Å². The highest BCUT2D eigenvalue weighted by Gasteiger charge is 2.24. The number of benzene rings is 1. The van der Waals surface area contributed by atoms with Crippen molar-refractivity contribution in [2.24, 2.45) is 0 Å². The van der Waals surface area contributed by atoms with Gasteiger partial charge in [-0.2, -0.15) is 0 Å². The van der Waals surface area contributed by atoms with Gasteiger partial charge in [-0.1, -0.05) is 26.8 Å². The number of hydrogen-bond acceptors (Lipinski definition) is 2. The van der Waals surface area contributed by atoms with E-state index in [2.05, 4.69) is 32.9 Å². The van der Waals surface area contributed by atoms with Crippen LogP contribution < -0.4 is 4.74 Å². The number of ether oxygens (including phenoxy) is 1. The Kier molecular flexibility index (Phi) is 2.94. The first kappa shape index (κ1) is 11.5. The van der Waals surface area contributed by atoms with E-state index in [4.69, 9.17) is 4.74 Å². The van der Waals surface area contributed by atoms with Crippen molar-refractivity contribution >= 4 is 0 Å². The van der Waals surface area contributed by atoms with Crippen molar-refractivity contribution in [3.05, 3.63) is 29.3 Å². The van der Waals surface area contributed by atoms with Gasteiger partial charge in [0.1, 0.15) is 5.75 Å². The summed E-state index contributed by atoms with van der Waals surface area (Å²) in [6.45, 7) is 7.26. The third-order valence-corrected chi connectivity index (χ3v) is 3.68. The maximum absolute atomic E-state index is 9.94. The Labute approximate surface area is 97.3 Å². The second-order valence-electron chi connectivity index (χ2n) is 5.14. The van der Waals surface area contributed by atoms with E-state index in [1.165, 1.54) is 5.56 Å². The number of aliphatic hydroxyl groups is 1. The van der Waals surface area contributed by atoms with E-state index in [0.29, 0.717) is 13.0 Å². The second-order valence-corrected chi connectivity index (χ2v) is 5.14. The van der Waals surface area contributed by atoms with Crippen LogP contribution in [0, 0.1) is 0 Å². The largest absolute Gasteiger partial charge is 0.493 e. The van der Waals surface area contributed by atoms with Crippen LogP contribution in [-0.4, -0.2) is 11.7 Å². The van der Waals surface area contributed by atoms with Crippen LogP contribution in [0.25, 0.3) is 0 Å². The molecule has 16 heavy (non-hydrogen) atoms. The molecule has 0 fully saturated rings. The van der Waals surface area contributed by atoms with Crippen molar-refractivity contribution in [1.29, 1.82) is 0 Å². The average Bonchev–Trinajstić information content (AvgIpc) is 2.29. The minimum absolute atomic E-state index is 0.159. The zero-order chi connectivity index (χ0) is 11.8. The molecule has 0 aliphatic carbocycles. The van der Waals surface area contributed by atoms with Gasteiger partial charge in [0.2, 0.25) is 0 Å². The van der Waals surface area contributed by atoms with Crippen molar-refractivity contribution in [1.82, 2.24) is 0 Å². The molecule has 1 N–H and O–H groups in total. The van der Waals surface area contributed by atoms with Gasteiger partial charge in [0.05, 0.1) is 12.7 Å². The van der Waals surface area contributed by atoms with Gasteiger partial charge < -0.3 is 9.84 Å². The Hall–Kier alpha value is -1.02. The Morgan fingerprint density at radius 3 is 2.88 bits per heavy atom. The molecule has 0 radical (unpaired) electrons. The van der Waals surface area contributed by atoms with Crippen LogP contribution >= 0.6 is 0 Å². The molecule has 1 aliphatic heterocycles. The van der Waals surface area contributed by atoms with Crippen LogP contribution in [0.1, 0.15) is 50.8 Å². The van der Waals surface area contributed by atoms with Gasteiger partial charge in [0.25, 0.3) is 0 Å². The maximum atomic E-state index is 9.94. The topological polar surface area (TPSA) is 29.5 Å². The zero-order valence-corrected chi connectivity index (χ0v) is 10.3. The molecule has 0 amide bonds. The minimum atomic E-state index is -0.364. The molecule has 1 atom stereocenters. The van der Waals surface area contributed by atoms with Gasteiger partial charge in [-0.3, -0.25) is 0 Å². The molecule has 0 spiro atoms. The summed E-state index contributed by atoms with van der Waals surface area (Å²) >= 11 is 0. The highest BCUT2D eigenvalue weighted by molar-refractivity contribution is 5.42. The lowest BCUT2D eigenvalue weighted by atomic mass is 9.81. The number of fused-ring (bicyclic) bond motifs is 1. The zero-order valence-electron chi connectivity index (χ0n) is 10.3. The monoisotopic (exact) mass is 220 g/mol. The highest BCUT2D eigenvalue weighted by Crippen LogP contribution is 2.36. The summed E-state index contributed by atoms with van der Waals surface area (Å²) in [5, 5.41) is 9.94. The first-order chi connectivity index (χ1) is 7.54. The summed E-state index contributed by atoms with van der Waals surface area (Å²) in [4.78, 5) is 0. The third-order valence-electron chi connectivity index (χ3n) is 3.68. The second kappa shape index (κ2) is 4.10. The first-order valence-corrected chi connectivity index (χ1v) is 6.00. The van der Waals surface area contributed by atoms with Crippen molar-refractivity contribution in [3.8, 4) is 5.75 Å². The SMILES string of the molecule is CCC(C)(C)c1ccc2c(c1)[C@H](O)CCO2. The first-order valence-electron chi connectivity index (χ1n) is 6.00. The molecule has 1 aromatic rings. The summed E-state index contributed by atoms with van der Waals surface area (Å²) in [5.41, 5.74) is 2.38. The van der Waals surface area contributed by atoms with E-state index in [1.807, 2.05) is 6.07 Å². The van der Waals surface area contributed by atoms with E-state index >= 15 is 0 Å². The summed E-state index contributed by atoms with van der Waals surface area (Å²) in [5.74, 6) is 0.842. The minimum Gasteiger partial charge on any atom is -0.493 e. The maximum Gasteiger partial charge on any atom is 0.125 e. The Morgan fingerprint density at radius 1 is 1.44 bits per heavy atom. The van der Waals surface area contributed by atoms with Crippen LogP contribution in [-0.2, 0) is 5.41 Å². The van der Waals surface area contributed by atoms with Crippen molar-refractivity contribution in [3.63, 3.8) is 0 Å². The number of aliphatic hydroxyl groups excluding tert-OH is 1. The third kappa shape index (κ3) is 1.94. The van der Waals surface area contributed by atoms with E-state index in [9.17, 15) is 5.11 Å². The van der Waals surface area contributed by atoms with E-state index in [1.54, 1.807) is 0 Å². The van der Waals surface area contributed by atoms with E-state index in [0.717, 1.165) is 17.7 Å². The van der Waals surface area contributed by atoms with Gasteiger partial charge in [0, 0.05) is 12.0 Å². The summed E-state index contributed by atoms with van der Waals surface area (Å²) in [6, 6.07) is 6.20. The highest BCUT2D eigenvalue weighted by atomic mass is 16.5. The standard InChI is InChI=1S/C14H20O2/c1-4-14(2,3)10-5-6-13-11(9-10)12(15)7-8-16-13/h5-6,9,12,15H,4,7-8H2,1-3H3/t12-/m1/s1. The van der Waals surface area contributed by atoms with Gasteiger partial charge in [-0.25, -0.2) is 0 Å². The molecule has 2 rings (SSSR count). The van der Waals surface area contributed by atoms with Gasteiger partial charge >= 0.3 is 0 Å². The fraction of sp³-hybridized carbons (Fsp3) is 0.571. The smallest absolute Gasteiger partial charge is 0.125 e. The molecule has 0 saturated carbocycles. The molecule has 2 nitrogen and oxygen atoms in total. The molecule has 88 valence electrons. The lowest BCUT2D eigenvalue weighted by Gasteiger charge is -2.28. The lowest BCUT2D eigenvalue weighted by molar-refractivity contribution is 0.115. The normalized spacial score (nSPS) is 20.1. The molecule has 1 heterocycles. The van der Waals surface area contributed by atoms with Crippen molar-refractivity contribution in [2.75, 3.05) is 6.61 Å². The van der Waals surface area contributed by atoms with Crippen LogP contribution in [0.4, 0.5) is 0 Å². The number of hydrogen-bond donors (Lipinski definition) is 1. The summed E-state index contributed by atoms with van der Waals surface area (Å²) < 4.78 is 5.54. The Bertz CT molecular complexity index is 382. The molecule has 0 saturated heterocycles. The Balaban J connectivity index is 2.41. The molecule has 2 heteroatoms. The Morgan fingerprint density at radius 2 is 2.19 bits per heavy atom. The van der Waals surface area contributed by atoms with Crippen molar-refractivity contribution in [2.45, 2.75) is 45.1 Å². The predicted molar refractivity (Wildman–Crippen MR) is 64.8 cm³/mol. The summed E-state index contributed by atoms with van der Waals surface area (Å²) in [7, 11) is 0. The molecule has 1 aliphatic rings. The van der Waals surface area contributed by atoms with Gasteiger partial charge in [0.15, 0.2) is 0 Å². The molecular weight excluding hydrogens is 200 g/mol. The van der Waals surface area contributed by atoms with Gasteiger partial charge in [-0.15, -0.1) is 0 Å². The fourth-order valence-electron chi connectivity index (χ4n) is 2.00.